The number of aliphatic hydroxyl groups excluding tert-OH is 1. The van der Waals surface area contributed by atoms with Crippen molar-refractivity contribution < 1.29 is 5.11 Å². The highest BCUT2D eigenvalue weighted by atomic mass is 35.5. The fourth-order valence-corrected chi connectivity index (χ4v) is 2.69. The molecule has 0 aliphatic carbocycles. The van der Waals surface area contributed by atoms with Gasteiger partial charge in [-0.3, -0.25) is 9.67 Å². The normalized spacial score (nSPS) is 12.5. The van der Waals surface area contributed by atoms with E-state index in [0.717, 1.165) is 29.8 Å². The second kappa shape index (κ2) is 8.27. The Balaban J connectivity index is 1.89. The van der Waals surface area contributed by atoms with E-state index in [0.29, 0.717) is 18.2 Å². The van der Waals surface area contributed by atoms with Crippen molar-refractivity contribution in [3.63, 3.8) is 0 Å². The maximum Gasteiger partial charge on any atom is 0.131 e. The molecule has 1 atom stereocenters. The highest BCUT2D eigenvalue weighted by Gasteiger charge is 2.14. The number of nitrogens with one attached hydrogen (secondary N) is 1. The van der Waals surface area contributed by atoms with Crippen molar-refractivity contribution in [3.05, 3.63) is 46.5 Å². The molecule has 22 heavy (non-hydrogen) atoms. The number of nitrogens with zero attached hydrogens (tertiary/aromatic N) is 3. The molecule has 2 rings (SSSR count). The molecule has 0 spiro atoms. The van der Waals surface area contributed by atoms with Crippen LogP contribution in [0.1, 0.15) is 23.9 Å². The molecule has 0 radical (unpaired) electrons. The summed E-state index contributed by atoms with van der Waals surface area (Å²) in [7, 11) is 1.85. The van der Waals surface area contributed by atoms with Gasteiger partial charge in [-0.25, -0.2) is 0 Å². The lowest BCUT2D eigenvalue weighted by Crippen LogP contribution is -2.27. The summed E-state index contributed by atoms with van der Waals surface area (Å²) in [6, 6.07) is 5.84. The van der Waals surface area contributed by atoms with E-state index in [1.165, 1.54) is 0 Å². The molecule has 6 heteroatoms. The Bertz CT molecular complexity index is 585. The second-order valence-electron chi connectivity index (χ2n) is 5.40. The van der Waals surface area contributed by atoms with Crippen LogP contribution < -0.4 is 5.32 Å². The van der Waals surface area contributed by atoms with Crippen LogP contribution in [0.3, 0.4) is 0 Å². The molecule has 2 aromatic heterocycles. The molecule has 0 aromatic carbocycles. The first-order valence-corrected chi connectivity index (χ1v) is 7.95. The van der Waals surface area contributed by atoms with Gasteiger partial charge < -0.3 is 10.4 Å². The predicted octanol–water partition coefficient (Wildman–Crippen LogP) is 1.97. The zero-order valence-electron chi connectivity index (χ0n) is 13.1. The highest BCUT2D eigenvalue weighted by Crippen LogP contribution is 2.19. The summed E-state index contributed by atoms with van der Waals surface area (Å²) < 4.78 is 1.70. The van der Waals surface area contributed by atoms with Gasteiger partial charge in [0.05, 0.1) is 5.69 Å². The van der Waals surface area contributed by atoms with Crippen molar-refractivity contribution in [2.45, 2.75) is 26.3 Å². The van der Waals surface area contributed by atoms with Gasteiger partial charge in [0.25, 0.3) is 0 Å². The number of rotatable bonds is 8. The summed E-state index contributed by atoms with van der Waals surface area (Å²) in [5.74, 6) is 0.135. The standard InChI is InChI=1S/C16H23ClN4O/c1-3-15-14(16(17)21(2)20-15)10-18-9-12(11-22)8-13-6-4-5-7-19-13/h4-7,12,18,22H,3,8-11H2,1-2H3. The molecule has 0 bridgehead atoms. The van der Waals surface area contributed by atoms with E-state index in [-0.39, 0.29) is 12.5 Å². The molecule has 5 nitrogen and oxygen atoms in total. The SMILES string of the molecule is CCc1nn(C)c(Cl)c1CNCC(CO)Cc1ccccn1. The van der Waals surface area contributed by atoms with E-state index in [2.05, 4.69) is 22.3 Å². The molecule has 120 valence electrons. The van der Waals surface area contributed by atoms with Gasteiger partial charge in [-0.05, 0) is 30.9 Å². The van der Waals surface area contributed by atoms with Crippen molar-refractivity contribution in [2.75, 3.05) is 13.2 Å². The Morgan fingerprint density at radius 1 is 1.41 bits per heavy atom. The van der Waals surface area contributed by atoms with E-state index >= 15 is 0 Å². The maximum atomic E-state index is 9.53. The Hall–Kier alpha value is -1.43. The van der Waals surface area contributed by atoms with Crippen LogP contribution in [0.5, 0.6) is 0 Å². The Morgan fingerprint density at radius 2 is 2.23 bits per heavy atom. The summed E-state index contributed by atoms with van der Waals surface area (Å²) in [4.78, 5) is 4.30. The largest absolute Gasteiger partial charge is 0.396 e. The molecule has 0 saturated heterocycles. The first-order chi connectivity index (χ1) is 10.7. The minimum absolute atomic E-state index is 0.130. The fraction of sp³-hybridized carbons (Fsp3) is 0.500. The molecule has 1 unspecified atom stereocenters. The Labute approximate surface area is 136 Å². The number of aryl methyl sites for hydroxylation is 2. The Morgan fingerprint density at radius 3 is 2.86 bits per heavy atom. The molecule has 2 aromatic rings. The van der Waals surface area contributed by atoms with Crippen molar-refractivity contribution in [3.8, 4) is 0 Å². The zero-order valence-corrected chi connectivity index (χ0v) is 13.8. The van der Waals surface area contributed by atoms with Gasteiger partial charge in [0.15, 0.2) is 0 Å². The molecule has 0 aliphatic rings. The lowest BCUT2D eigenvalue weighted by molar-refractivity contribution is 0.220. The number of hydrogen-bond acceptors (Lipinski definition) is 4. The number of aliphatic hydroxyl groups is 1. The van der Waals surface area contributed by atoms with Gasteiger partial charge in [0.2, 0.25) is 0 Å². The number of pyridine rings is 1. The Kier molecular flexibility index (Phi) is 6.36. The van der Waals surface area contributed by atoms with Crippen molar-refractivity contribution >= 4 is 11.6 Å². The van der Waals surface area contributed by atoms with Crippen LogP contribution in [0, 0.1) is 5.92 Å². The van der Waals surface area contributed by atoms with Gasteiger partial charge in [-0.15, -0.1) is 0 Å². The van der Waals surface area contributed by atoms with Crippen LogP contribution in [0.25, 0.3) is 0 Å². The highest BCUT2D eigenvalue weighted by molar-refractivity contribution is 6.30. The van der Waals surface area contributed by atoms with Crippen LogP contribution in [0.2, 0.25) is 5.15 Å². The average Bonchev–Trinajstić information content (AvgIpc) is 2.82. The molecule has 0 fully saturated rings. The van der Waals surface area contributed by atoms with E-state index in [1.807, 2.05) is 25.2 Å². The van der Waals surface area contributed by atoms with Crippen molar-refractivity contribution in [1.82, 2.24) is 20.1 Å². The van der Waals surface area contributed by atoms with Crippen LogP contribution in [0.4, 0.5) is 0 Å². The van der Waals surface area contributed by atoms with Gasteiger partial charge in [-0.2, -0.15) is 5.10 Å². The lowest BCUT2D eigenvalue weighted by atomic mass is 10.0. The topological polar surface area (TPSA) is 63.0 Å². The summed E-state index contributed by atoms with van der Waals surface area (Å²) in [6.45, 7) is 3.57. The first kappa shape index (κ1) is 16.9. The van der Waals surface area contributed by atoms with Crippen molar-refractivity contribution in [1.29, 1.82) is 0 Å². The third-order valence-electron chi connectivity index (χ3n) is 3.70. The minimum atomic E-state index is 0.130. The van der Waals surface area contributed by atoms with E-state index < -0.39 is 0 Å². The van der Waals surface area contributed by atoms with Crippen LogP contribution in [-0.4, -0.2) is 33.0 Å². The second-order valence-corrected chi connectivity index (χ2v) is 5.76. The molecule has 2 heterocycles. The minimum Gasteiger partial charge on any atom is -0.396 e. The third kappa shape index (κ3) is 4.29. The fourth-order valence-electron chi connectivity index (χ4n) is 2.48. The third-order valence-corrected chi connectivity index (χ3v) is 4.18. The van der Waals surface area contributed by atoms with Gasteiger partial charge in [-0.1, -0.05) is 24.6 Å². The van der Waals surface area contributed by atoms with Gasteiger partial charge in [0.1, 0.15) is 5.15 Å². The average molecular weight is 323 g/mol. The molecular formula is C16H23ClN4O. The smallest absolute Gasteiger partial charge is 0.131 e. The number of aromatic nitrogens is 3. The van der Waals surface area contributed by atoms with E-state index in [4.69, 9.17) is 11.6 Å². The first-order valence-electron chi connectivity index (χ1n) is 7.57. The number of halogens is 1. The van der Waals surface area contributed by atoms with E-state index in [1.54, 1.807) is 10.9 Å². The van der Waals surface area contributed by atoms with Crippen molar-refractivity contribution in [2.24, 2.45) is 13.0 Å². The lowest BCUT2D eigenvalue weighted by Gasteiger charge is -2.14. The summed E-state index contributed by atoms with van der Waals surface area (Å²) in [6.07, 6.45) is 3.39. The monoisotopic (exact) mass is 322 g/mol. The number of hydrogen-bond donors (Lipinski definition) is 2. The summed E-state index contributed by atoms with van der Waals surface area (Å²) in [5, 5.41) is 18.0. The maximum absolute atomic E-state index is 9.53. The van der Waals surface area contributed by atoms with Gasteiger partial charge >= 0.3 is 0 Å². The van der Waals surface area contributed by atoms with Gasteiger partial charge in [0, 0.05) is 44.2 Å². The van der Waals surface area contributed by atoms with E-state index in [9.17, 15) is 5.11 Å². The van der Waals surface area contributed by atoms with Crippen LogP contribution >= 0.6 is 11.6 Å². The molecule has 0 aliphatic heterocycles. The summed E-state index contributed by atoms with van der Waals surface area (Å²) in [5.41, 5.74) is 3.06. The molecule has 2 N–H and O–H groups in total. The molecule has 0 saturated carbocycles. The summed E-state index contributed by atoms with van der Waals surface area (Å²) >= 11 is 6.27. The van der Waals surface area contributed by atoms with Crippen LogP contribution in [-0.2, 0) is 26.4 Å². The van der Waals surface area contributed by atoms with Crippen LogP contribution in [0.15, 0.2) is 24.4 Å². The zero-order chi connectivity index (χ0) is 15.9. The molecular weight excluding hydrogens is 300 g/mol. The predicted molar refractivity (Wildman–Crippen MR) is 87.8 cm³/mol. The molecule has 0 amide bonds. The quantitative estimate of drug-likeness (QED) is 0.780.